The van der Waals surface area contributed by atoms with E-state index in [9.17, 15) is 9.59 Å². The molecule has 0 aromatic heterocycles. The summed E-state index contributed by atoms with van der Waals surface area (Å²) in [5, 5.41) is 0. The van der Waals surface area contributed by atoms with Gasteiger partial charge in [-0.3, -0.25) is 19.4 Å². The number of carbonyl (C=O) groups excluding carboxylic acids is 2. The molecule has 0 bridgehead atoms. The lowest BCUT2D eigenvalue weighted by Crippen LogP contribution is -2.38. The summed E-state index contributed by atoms with van der Waals surface area (Å²) in [4.78, 5) is 32.6. The van der Waals surface area contributed by atoms with E-state index in [4.69, 9.17) is 33.8 Å². The molecule has 0 aliphatic heterocycles. The first-order chi connectivity index (χ1) is 10.9. The number of benzene rings is 1. The summed E-state index contributed by atoms with van der Waals surface area (Å²) in [7, 11) is 0. The van der Waals surface area contributed by atoms with Crippen molar-refractivity contribution in [2.75, 3.05) is 11.9 Å². The summed E-state index contributed by atoms with van der Waals surface area (Å²) in [6, 6.07) is 6.30. The van der Waals surface area contributed by atoms with E-state index in [1.807, 2.05) is 6.92 Å². The molecule has 0 heterocycles. The van der Waals surface area contributed by atoms with Crippen LogP contribution in [0.25, 0.3) is 0 Å². The SMILES string of the molecule is CCC(C)(N=C(NOCCl)c1ccc(C(N)=O)cc1)C(=O)CCl. The highest BCUT2D eigenvalue weighted by molar-refractivity contribution is 6.29. The molecule has 3 N–H and O–H groups in total. The number of amidine groups is 1. The summed E-state index contributed by atoms with van der Waals surface area (Å²) in [5.41, 5.74) is 7.80. The number of halogens is 2. The highest BCUT2D eigenvalue weighted by Crippen LogP contribution is 2.19. The predicted molar refractivity (Wildman–Crippen MR) is 90.9 cm³/mol. The van der Waals surface area contributed by atoms with Gasteiger partial charge in [0.2, 0.25) is 5.91 Å². The van der Waals surface area contributed by atoms with Gasteiger partial charge in [0, 0.05) is 11.1 Å². The third kappa shape index (κ3) is 5.20. The summed E-state index contributed by atoms with van der Waals surface area (Å²) in [6.45, 7) is 3.53. The number of primary amides is 1. The Morgan fingerprint density at radius 2 is 1.83 bits per heavy atom. The Balaban J connectivity index is 3.24. The number of nitrogens with zero attached hydrogens (tertiary/aromatic N) is 1. The second kappa shape index (κ2) is 8.86. The highest BCUT2D eigenvalue weighted by atomic mass is 35.5. The first-order valence-electron chi connectivity index (χ1n) is 6.91. The number of Topliss-reactive ketones (excluding diaryl/α,β-unsaturated/α-hetero) is 1. The van der Waals surface area contributed by atoms with Crippen molar-refractivity contribution in [1.29, 1.82) is 0 Å². The summed E-state index contributed by atoms with van der Waals surface area (Å²) in [6.07, 6.45) is 0.462. The minimum atomic E-state index is -0.998. The number of nitrogens with one attached hydrogen (secondary N) is 1. The first-order valence-corrected chi connectivity index (χ1v) is 7.98. The number of alkyl halides is 2. The molecule has 0 saturated heterocycles. The average molecular weight is 360 g/mol. The number of hydrogen-bond acceptors (Lipinski definition) is 4. The van der Waals surface area contributed by atoms with Gasteiger partial charge in [-0.15, -0.1) is 11.6 Å². The van der Waals surface area contributed by atoms with Gasteiger partial charge in [0.15, 0.2) is 11.6 Å². The number of aliphatic imine (C=N–C) groups is 1. The minimum Gasteiger partial charge on any atom is -0.366 e. The molecule has 6 nitrogen and oxygen atoms in total. The maximum atomic E-state index is 12.1. The van der Waals surface area contributed by atoms with Gasteiger partial charge in [-0.05, 0) is 25.5 Å². The second-order valence-corrected chi connectivity index (χ2v) is 5.43. The number of hydrogen-bond donors (Lipinski definition) is 2. The molecule has 0 radical (unpaired) electrons. The Labute approximate surface area is 144 Å². The van der Waals surface area contributed by atoms with Crippen LogP contribution in [-0.4, -0.2) is 35.0 Å². The normalized spacial score (nSPS) is 14.2. The Hall–Kier alpha value is -1.63. The van der Waals surface area contributed by atoms with Crippen LogP contribution < -0.4 is 11.2 Å². The van der Waals surface area contributed by atoms with Crippen molar-refractivity contribution >= 4 is 40.7 Å². The van der Waals surface area contributed by atoms with Crippen LogP contribution in [0, 0.1) is 0 Å². The Kier molecular flexibility index (Phi) is 7.48. The fourth-order valence-electron chi connectivity index (χ4n) is 1.76. The molecule has 8 heteroatoms. The number of ketones is 1. The monoisotopic (exact) mass is 359 g/mol. The standard InChI is InChI=1S/C15H19Cl2N3O3/c1-3-15(2,12(21)8-16)19-14(20-23-9-17)11-6-4-10(5-7-11)13(18)22/h4-7H,3,8-9H2,1-2H3,(H2,18,22)(H,19,20). The molecule has 0 spiro atoms. The molecule has 1 amide bonds. The first kappa shape index (κ1) is 19.4. The van der Waals surface area contributed by atoms with E-state index in [1.165, 1.54) is 0 Å². The third-order valence-corrected chi connectivity index (χ3v) is 3.79. The molecule has 0 saturated carbocycles. The molecule has 1 aromatic rings. The van der Waals surface area contributed by atoms with Gasteiger partial charge >= 0.3 is 0 Å². The smallest absolute Gasteiger partial charge is 0.248 e. The van der Waals surface area contributed by atoms with E-state index in [1.54, 1.807) is 31.2 Å². The lowest BCUT2D eigenvalue weighted by atomic mass is 9.94. The highest BCUT2D eigenvalue weighted by Gasteiger charge is 2.30. The van der Waals surface area contributed by atoms with E-state index >= 15 is 0 Å². The Morgan fingerprint density at radius 3 is 2.26 bits per heavy atom. The number of rotatable bonds is 8. The molecule has 23 heavy (non-hydrogen) atoms. The molecule has 0 aliphatic rings. The number of nitrogens with two attached hydrogens (primary N) is 1. The lowest BCUT2D eigenvalue weighted by Gasteiger charge is -2.23. The van der Waals surface area contributed by atoms with Gasteiger partial charge in [0.1, 0.15) is 11.6 Å². The molecule has 0 fully saturated rings. The average Bonchev–Trinajstić information content (AvgIpc) is 2.57. The molecule has 1 atom stereocenters. The van der Waals surface area contributed by atoms with Crippen LogP contribution in [0.4, 0.5) is 0 Å². The maximum Gasteiger partial charge on any atom is 0.248 e. The van der Waals surface area contributed by atoms with E-state index in [2.05, 4.69) is 10.5 Å². The van der Waals surface area contributed by atoms with Crippen molar-refractivity contribution in [1.82, 2.24) is 5.48 Å². The van der Waals surface area contributed by atoms with Crippen LogP contribution >= 0.6 is 23.2 Å². The van der Waals surface area contributed by atoms with Crippen molar-refractivity contribution in [2.45, 2.75) is 25.8 Å². The fraction of sp³-hybridized carbons (Fsp3) is 0.400. The summed E-state index contributed by atoms with van der Waals surface area (Å²) in [5.74, 6) is -0.571. The topological polar surface area (TPSA) is 93.8 Å². The van der Waals surface area contributed by atoms with Crippen LogP contribution in [0.2, 0.25) is 0 Å². The number of carbonyl (C=O) groups is 2. The fourth-order valence-corrected chi connectivity index (χ4v) is 2.11. The molecule has 1 unspecified atom stereocenters. The van der Waals surface area contributed by atoms with Crippen molar-refractivity contribution in [3.8, 4) is 0 Å². The molecular weight excluding hydrogens is 341 g/mol. The molecule has 126 valence electrons. The molecule has 1 aromatic carbocycles. The predicted octanol–water partition coefficient (Wildman–Crippen LogP) is 2.23. The zero-order valence-electron chi connectivity index (χ0n) is 12.9. The largest absolute Gasteiger partial charge is 0.366 e. The van der Waals surface area contributed by atoms with Gasteiger partial charge < -0.3 is 5.73 Å². The van der Waals surface area contributed by atoms with Gasteiger partial charge in [0.05, 0.1) is 5.88 Å². The van der Waals surface area contributed by atoms with Crippen LogP contribution in [0.5, 0.6) is 0 Å². The Bertz CT molecular complexity index is 590. The lowest BCUT2D eigenvalue weighted by molar-refractivity contribution is -0.121. The van der Waals surface area contributed by atoms with E-state index in [0.717, 1.165) is 0 Å². The summed E-state index contributed by atoms with van der Waals surface area (Å²) < 4.78 is 0. The summed E-state index contributed by atoms with van der Waals surface area (Å²) >= 11 is 11.2. The van der Waals surface area contributed by atoms with Gasteiger partial charge in [-0.2, -0.15) is 0 Å². The van der Waals surface area contributed by atoms with Gasteiger partial charge in [-0.1, -0.05) is 30.7 Å². The van der Waals surface area contributed by atoms with Crippen molar-refractivity contribution in [3.05, 3.63) is 35.4 Å². The van der Waals surface area contributed by atoms with Crippen LogP contribution in [0.3, 0.4) is 0 Å². The Morgan fingerprint density at radius 1 is 1.26 bits per heavy atom. The minimum absolute atomic E-state index is 0.106. The number of hydroxylamine groups is 1. The third-order valence-electron chi connectivity index (χ3n) is 3.44. The maximum absolute atomic E-state index is 12.1. The van der Waals surface area contributed by atoms with Crippen LogP contribution in [0.15, 0.2) is 29.3 Å². The van der Waals surface area contributed by atoms with Crippen LogP contribution in [-0.2, 0) is 9.63 Å². The number of amides is 1. The molecular formula is C15H19Cl2N3O3. The second-order valence-electron chi connectivity index (χ2n) is 4.94. The molecule has 0 aliphatic carbocycles. The van der Waals surface area contributed by atoms with Gasteiger partial charge in [0.25, 0.3) is 0 Å². The molecule has 1 rings (SSSR count). The van der Waals surface area contributed by atoms with Gasteiger partial charge in [-0.25, -0.2) is 5.48 Å². The quantitative estimate of drug-likeness (QED) is 0.322. The van der Waals surface area contributed by atoms with E-state index < -0.39 is 11.4 Å². The van der Waals surface area contributed by atoms with Crippen molar-refractivity contribution in [2.24, 2.45) is 10.7 Å². The van der Waals surface area contributed by atoms with Crippen molar-refractivity contribution in [3.63, 3.8) is 0 Å². The van der Waals surface area contributed by atoms with Crippen LogP contribution in [0.1, 0.15) is 36.2 Å². The zero-order chi connectivity index (χ0) is 17.5. The van der Waals surface area contributed by atoms with Crippen molar-refractivity contribution < 1.29 is 14.4 Å². The van der Waals surface area contributed by atoms with E-state index in [0.29, 0.717) is 23.4 Å². The zero-order valence-corrected chi connectivity index (χ0v) is 14.4. The van der Waals surface area contributed by atoms with E-state index in [-0.39, 0.29) is 17.7 Å².